The van der Waals surface area contributed by atoms with Gasteiger partial charge in [0.15, 0.2) is 6.10 Å². The van der Waals surface area contributed by atoms with Gasteiger partial charge >= 0.3 is 5.97 Å². The van der Waals surface area contributed by atoms with Crippen molar-refractivity contribution in [2.24, 2.45) is 0 Å². The summed E-state index contributed by atoms with van der Waals surface area (Å²) >= 11 is 0. The fourth-order valence-corrected chi connectivity index (χ4v) is 4.68. The standard InChI is InChI=1S/C26H28N2O6S/c1-18-9-8-12-22(15-18)27-25(29)19(2)34-26(30)21-13-14-23(33-4)24(16-21)35(31,32)28(3)17-20-10-6-5-7-11-20/h5-16,19H,17H2,1-4H3,(H,27,29). The van der Waals surface area contributed by atoms with Crippen molar-refractivity contribution in [2.75, 3.05) is 19.5 Å². The Labute approximate surface area is 205 Å². The minimum absolute atomic E-state index is 0.0207. The van der Waals surface area contributed by atoms with Crippen LogP contribution in [0, 0.1) is 6.92 Å². The van der Waals surface area contributed by atoms with Gasteiger partial charge in [0.1, 0.15) is 10.6 Å². The molecule has 1 N–H and O–H groups in total. The van der Waals surface area contributed by atoms with Crippen LogP contribution in [0.15, 0.2) is 77.7 Å². The van der Waals surface area contributed by atoms with Gasteiger partial charge < -0.3 is 14.8 Å². The molecule has 35 heavy (non-hydrogen) atoms. The molecule has 9 heteroatoms. The summed E-state index contributed by atoms with van der Waals surface area (Å²) in [7, 11) is -1.21. The van der Waals surface area contributed by atoms with E-state index >= 15 is 0 Å². The van der Waals surface area contributed by atoms with E-state index < -0.39 is 28.0 Å². The molecular weight excluding hydrogens is 468 g/mol. The first-order valence-electron chi connectivity index (χ1n) is 10.9. The highest BCUT2D eigenvalue weighted by Gasteiger charge is 2.27. The molecule has 0 saturated heterocycles. The van der Waals surface area contributed by atoms with Gasteiger partial charge in [-0.2, -0.15) is 4.31 Å². The predicted molar refractivity (Wildman–Crippen MR) is 133 cm³/mol. The van der Waals surface area contributed by atoms with Crippen molar-refractivity contribution in [1.82, 2.24) is 4.31 Å². The van der Waals surface area contributed by atoms with Crippen LogP contribution in [0.4, 0.5) is 5.69 Å². The number of aryl methyl sites for hydroxylation is 1. The summed E-state index contributed by atoms with van der Waals surface area (Å²) in [5.41, 5.74) is 2.34. The zero-order chi connectivity index (χ0) is 25.6. The van der Waals surface area contributed by atoms with Crippen LogP contribution < -0.4 is 10.1 Å². The van der Waals surface area contributed by atoms with E-state index in [1.807, 2.05) is 43.3 Å². The molecule has 0 spiro atoms. The molecule has 0 aliphatic rings. The van der Waals surface area contributed by atoms with Crippen molar-refractivity contribution in [1.29, 1.82) is 0 Å². The Hall–Kier alpha value is -3.69. The number of carbonyl (C=O) groups excluding carboxylic acids is 2. The second-order valence-electron chi connectivity index (χ2n) is 8.02. The predicted octanol–water partition coefficient (Wildman–Crippen LogP) is 4.01. The highest BCUT2D eigenvalue weighted by molar-refractivity contribution is 7.89. The Morgan fingerprint density at radius 3 is 2.37 bits per heavy atom. The molecule has 0 radical (unpaired) electrons. The van der Waals surface area contributed by atoms with Crippen molar-refractivity contribution in [2.45, 2.75) is 31.4 Å². The Morgan fingerprint density at radius 2 is 1.71 bits per heavy atom. The van der Waals surface area contributed by atoms with Crippen LogP contribution in [-0.2, 0) is 26.1 Å². The van der Waals surface area contributed by atoms with Gasteiger partial charge in [0.2, 0.25) is 10.0 Å². The van der Waals surface area contributed by atoms with E-state index in [9.17, 15) is 18.0 Å². The normalized spacial score (nSPS) is 12.1. The van der Waals surface area contributed by atoms with E-state index in [0.29, 0.717) is 5.69 Å². The van der Waals surface area contributed by atoms with E-state index in [2.05, 4.69) is 5.32 Å². The number of carbonyl (C=O) groups is 2. The molecule has 3 aromatic carbocycles. The lowest BCUT2D eigenvalue weighted by Crippen LogP contribution is -2.30. The third kappa shape index (κ3) is 6.46. The van der Waals surface area contributed by atoms with E-state index in [-0.39, 0.29) is 22.8 Å². The molecule has 8 nitrogen and oxygen atoms in total. The number of esters is 1. The van der Waals surface area contributed by atoms with E-state index in [0.717, 1.165) is 11.1 Å². The van der Waals surface area contributed by atoms with Gasteiger partial charge in [-0.15, -0.1) is 0 Å². The van der Waals surface area contributed by atoms with Crippen molar-refractivity contribution in [3.63, 3.8) is 0 Å². The molecular formula is C26H28N2O6S. The molecule has 0 aliphatic carbocycles. The van der Waals surface area contributed by atoms with Gasteiger partial charge in [-0.3, -0.25) is 4.79 Å². The average molecular weight is 497 g/mol. The summed E-state index contributed by atoms with van der Waals surface area (Å²) in [6, 6.07) is 20.3. The number of ether oxygens (including phenoxy) is 2. The minimum atomic E-state index is -4.00. The second-order valence-corrected chi connectivity index (χ2v) is 10.0. The monoisotopic (exact) mass is 496 g/mol. The summed E-state index contributed by atoms with van der Waals surface area (Å²) < 4.78 is 38.3. The Morgan fingerprint density at radius 1 is 1.00 bits per heavy atom. The van der Waals surface area contributed by atoms with Gasteiger partial charge in [0, 0.05) is 19.3 Å². The molecule has 0 bridgehead atoms. The van der Waals surface area contributed by atoms with Crippen LogP contribution in [0.1, 0.15) is 28.4 Å². The molecule has 3 aromatic rings. The number of hydrogen-bond donors (Lipinski definition) is 1. The maximum Gasteiger partial charge on any atom is 0.338 e. The molecule has 0 fully saturated rings. The molecule has 0 aromatic heterocycles. The zero-order valence-corrected chi connectivity index (χ0v) is 20.8. The molecule has 184 valence electrons. The molecule has 0 heterocycles. The molecule has 0 saturated carbocycles. The molecule has 0 aliphatic heterocycles. The fraction of sp³-hybridized carbons (Fsp3) is 0.231. The highest BCUT2D eigenvalue weighted by atomic mass is 32.2. The summed E-state index contributed by atoms with van der Waals surface area (Å²) in [6.45, 7) is 3.47. The SMILES string of the molecule is COc1ccc(C(=O)OC(C)C(=O)Nc2cccc(C)c2)cc1S(=O)(=O)N(C)Cc1ccccc1. The number of methoxy groups -OCH3 is 1. The van der Waals surface area contributed by atoms with Gasteiger partial charge in [0.25, 0.3) is 5.91 Å². The average Bonchev–Trinajstić information content (AvgIpc) is 2.84. The first-order chi connectivity index (χ1) is 16.6. The zero-order valence-electron chi connectivity index (χ0n) is 20.0. The summed E-state index contributed by atoms with van der Waals surface area (Å²) in [6.07, 6.45) is -1.11. The number of anilines is 1. The smallest absolute Gasteiger partial charge is 0.338 e. The van der Waals surface area contributed by atoms with Crippen LogP contribution in [0.3, 0.4) is 0 Å². The molecule has 1 atom stereocenters. The fourth-order valence-electron chi connectivity index (χ4n) is 3.35. The topological polar surface area (TPSA) is 102 Å². The van der Waals surface area contributed by atoms with Gasteiger partial charge in [0.05, 0.1) is 12.7 Å². The van der Waals surface area contributed by atoms with Crippen LogP contribution in [0.2, 0.25) is 0 Å². The first kappa shape index (κ1) is 25.9. The second kappa shape index (κ2) is 11.2. The summed E-state index contributed by atoms with van der Waals surface area (Å²) in [4.78, 5) is 25.0. The largest absolute Gasteiger partial charge is 0.495 e. The first-order valence-corrected chi connectivity index (χ1v) is 12.3. The number of nitrogens with zero attached hydrogens (tertiary/aromatic N) is 1. The quantitative estimate of drug-likeness (QED) is 0.449. The van der Waals surface area contributed by atoms with Crippen LogP contribution in [0.25, 0.3) is 0 Å². The van der Waals surface area contributed by atoms with Gasteiger partial charge in [-0.05, 0) is 55.3 Å². The van der Waals surface area contributed by atoms with Crippen LogP contribution in [0.5, 0.6) is 5.75 Å². The van der Waals surface area contributed by atoms with Crippen LogP contribution >= 0.6 is 0 Å². The van der Waals surface area contributed by atoms with E-state index in [1.165, 1.54) is 43.6 Å². The lowest BCUT2D eigenvalue weighted by Gasteiger charge is -2.20. The number of amides is 1. The maximum absolute atomic E-state index is 13.3. The number of hydrogen-bond acceptors (Lipinski definition) is 6. The lowest BCUT2D eigenvalue weighted by molar-refractivity contribution is -0.123. The highest BCUT2D eigenvalue weighted by Crippen LogP contribution is 2.28. The Kier molecular flexibility index (Phi) is 8.26. The van der Waals surface area contributed by atoms with Crippen molar-refractivity contribution in [3.8, 4) is 5.75 Å². The maximum atomic E-state index is 13.3. The molecule has 1 unspecified atom stereocenters. The van der Waals surface area contributed by atoms with Crippen molar-refractivity contribution >= 4 is 27.6 Å². The molecule has 3 rings (SSSR count). The molecule has 1 amide bonds. The van der Waals surface area contributed by atoms with Crippen molar-refractivity contribution < 1.29 is 27.5 Å². The number of rotatable bonds is 9. The number of nitrogens with one attached hydrogen (secondary N) is 1. The number of benzene rings is 3. The van der Waals surface area contributed by atoms with E-state index in [1.54, 1.807) is 18.2 Å². The third-order valence-corrected chi connectivity index (χ3v) is 7.10. The van der Waals surface area contributed by atoms with Crippen LogP contribution in [-0.4, -0.2) is 44.9 Å². The van der Waals surface area contributed by atoms with Crippen molar-refractivity contribution in [3.05, 3.63) is 89.5 Å². The lowest BCUT2D eigenvalue weighted by atomic mass is 10.2. The number of sulfonamides is 1. The van der Waals surface area contributed by atoms with Gasteiger partial charge in [-0.25, -0.2) is 13.2 Å². The Balaban J connectivity index is 1.77. The Bertz CT molecular complexity index is 1310. The minimum Gasteiger partial charge on any atom is -0.495 e. The van der Waals surface area contributed by atoms with E-state index in [4.69, 9.17) is 9.47 Å². The summed E-state index contributed by atoms with van der Waals surface area (Å²) in [5.74, 6) is -1.25. The third-order valence-electron chi connectivity index (χ3n) is 5.27. The van der Waals surface area contributed by atoms with Gasteiger partial charge in [-0.1, -0.05) is 42.5 Å². The summed E-state index contributed by atoms with van der Waals surface area (Å²) in [5, 5.41) is 2.69.